The highest BCUT2D eigenvalue weighted by atomic mass is 16.5. The van der Waals surface area contributed by atoms with Crippen molar-refractivity contribution in [2.45, 2.75) is 175 Å². The molecule has 0 atom stereocenters. The molecule has 0 aromatic heterocycles. The maximum absolute atomic E-state index is 13.1. The maximum atomic E-state index is 13.1. The first kappa shape index (κ1) is 39.0. The van der Waals surface area contributed by atoms with Crippen molar-refractivity contribution in [3.63, 3.8) is 0 Å². The van der Waals surface area contributed by atoms with Crippen LogP contribution in [0.25, 0.3) is 0 Å². The van der Waals surface area contributed by atoms with Gasteiger partial charge in [-0.2, -0.15) is 0 Å². The van der Waals surface area contributed by atoms with E-state index in [0.717, 1.165) is 38.5 Å². The molecule has 0 bridgehead atoms. The first-order chi connectivity index (χ1) is 21.1. The number of amides is 2. The predicted octanol–water partition coefficient (Wildman–Crippen LogP) is 10.9. The molecule has 2 N–H and O–H groups in total. The monoisotopic (exact) mass is 601 g/mol. The predicted molar refractivity (Wildman–Crippen MR) is 184 cm³/mol. The van der Waals surface area contributed by atoms with E-state index in [2.05, 4.69) is 31.4 Å². The molecular weight excluding hydrogens is 532 g/mol. The lowest BCUT2D eigenvalue weighted by Gasteiger charge is -2.14. The zero-order valence-corrected chi connectivity index (χ0v) is 28.5. The summed E-state index contributed by atoms with van der Waals surface area (Å²) in [5, 5.41) is 6.15. The Bertz CT molecular complexity index is 810. The lowest BCUT2D eigenvalue weighted by atomic mass is 10.1. The minimum Gasteiger partial charge on any atom is -0.493 e. The lowest BCUT2D eigenvalue weighted by molar-refractivity contribution is 0.0937. The molecule has 0 aliphatic rings. The zero-order valence-electron chi connectivity index (χ0n) is 28.5. The minimum atomic E-state index is -0.112. The number of carbonyl (C=O) groups excluding carboxylic acids is 2. The number of unbranched alkanes of at least 4 members (excludes halogenated alkanes) is 21. The maximum Gasteiger partial charge on any atom is 0.255 e. The number of ether oxygens (including phenoxy) is 1. The molecule has 0 aliphatic heterocycles. The van der Waals surface area contributed by atoms with Crippen LogP contribution in [0.2, 0.25) is 0 Å². The standard InChI is InChI=1S/C38H68N2O3/c1-4-7-10-13-16-18-20-22-25-30-39-37(41)34-28-29-35(36(33-34)43-32-27-24-15-12-9-6-3)38(42)40-31-26-23-21-19-17-14-11-8-5-2/h28-29,33H,4-27,30-32H2,1-3H3,(H,39,41)(H,40,42). The highest BCUT2D eigenvalue weighted by Gasteiger charge is 2.16. The summed E-state index contributed by atoms with van der Waals surface area (Å²) in [4.78, 5) is 26.0. The van der Waals surface area contributed by atoms with Gasteiger partial charge in [-0.25, -0.2) is 0 Å². The van der Waals surface area contributed by atoms with Gasteiger partial charge in [-0.1, -0.05) is 156 Å². The van der Waals surface area contributed by atoms with Crippen molar-refractivity contribution in [3.05, 3.63) is 29.3 Å². The fraction of sp³-hybridized carbons (Fsp3) is 0.789. The molecule has 0 saturated carbocycles. The number of nitrogens with one attached hydrogen (secondary N) is 2. The summed E-state index contributed by atoms with van der Waals surface area (Å²) < 4.78 is 6.12. The molecule has 0 fully saturated rings. The molecule has 1 aromatic carbocycles. The van der Waals surface area contributed by atoms with E-state index in [1.54, 1.807) is 18.2 Å². The second-order valence-corrected chi connectivity index (χ2v) is 12.5. The Kier molecular flexibility index (Phi) is 26.0. The third kappa shape index (κ3) is 21.3. The number of hydrogen-bond acceptors (Lipinski definition) is 3. The molecule has 0 heterocycles. The summed E-state index contributed by atoms with van der Waals surface area (Å²) in [6.45, 7) is 8.66. The van der Waals surface area contributed by atoms with Crippen molar-refractivity contribution in [2.24, 2.45) is 0 Å². The van der Waals surface area contributed by atoms with E-state index in [9.17, 15) is 9.59 Å². The molecule has 43 heavy (non-hydrogen) atoms. The van der Waals surface area contributed by atoms with Gasteiger partial charge >= 0.3 is 0 Å². The summed E-state index contributed by atoms with van der Waals surface area (Å²) in [5.74, 6) is 0.318. The van der Waals surface area contributed by atoms with Crippen molar-refractivity contribution in [1.82, 2.24) is 10.6 Å². The summed E-state index contributed by atoms with van der Waals surface area (Å²) in [6.07, 6.45) is 29.8. The topological polar surface area (TPSA) is 67.4 Å². The Morgan fingerprint density at radius 1 is 0.512 bits per heavy atom. The fourth-order valence-electron chi connectivity index (χ4n) is 5.51. The van der Waals surface area contributed by atoms with E-state index >= 15 is 0 Å². The molecule has 2 amide bonds. The normalized spacial score (nSPS) is 11.0. The molecule has 0 aliphatic carbocycles. The van der Waals surface area contributed by atoms with Gasteiger partial charge in [0, 0.05) is 18.7 Å². The number of benzene rings is 1. The van der Waals surface area contributed by atoms with Crippen LogP contribution in [0.15, 0.2) is 18.2 Å². The molecule has 0 saturated heterocycles. The molecule has 1 aromatic rings. The van der Waals surface area contributed by atoms with E-state index < -0.39 is 0 Å². The molecule has 5 nitrogen and oxygen atoms in total. The lowest BCUT2D eigenvalue weighted by Crippen LogP contribution is -2.26. The van der Waals surface area contributed by atoms with Gasteiger partial charge in [0.2, 0.25) is 0 Å². The number of hydrogen-bond donors (Lipinski definition) is 2. The number of rotatable bonds is 30. The van der Waals surface area contributed by atoms with Crippen LogP contribution in [0.3, 0.4) is 0 Å². The molecule has 1 rings (SSSR count). The Balaban J connectivity index is 2.51. The highest BCUT2D eigenvalue weighted by Crippen LogP contribution is 2.22. The van der Waals surface area contributed by atoms with Crippen molar-refractivity contribution in [1.29, 1.82) is 0 Å². The van der Waals surface area contributed by atoms with Gasteiger partial charge in [0.15, 0.2) is 0 Å². The Morgan fingerprint density at radius 2 is 0.907 bits per heavy atom. The van der Waals surface area contributed by atoms with Crippen LogP contribution in [-0.2, 0) is 0 Å². The van der Waals surface area contributed by atoms with E-state index in [4.69, 9.17) is 4.74 Å². The van der Waals surface area contributed by atoms with Gasteiger partial charge in [0.25, 0.3) is 11.8 Å². The molecular formula is C38H68N2O3. The summed E-state index contributed by atoms with van der Waals surface area (Å²) in [5.41, 5.74) is 1.08. The van der Waals surface area contributed by atoms with Gasteiger partial charge < -0.3 is 15.4 Å². The van der Waals surface area contributed by atoms with E-state index in [0.29, 0.717) is 36.6 Å². The van der Waals surface area contributed by atoms with Gasteiger partial charge in [0.1, 0.15) is 5.75 Å². The Labute approximate surface area is 266 Å². The second-order valence-electron chi connectivity index (χ2n) is 12.5. The first-order valence-corrected chi connectivity index (χ1v) is 18.5. The third-order valence-electron chi connectivity index (χ3n) is 8.38. The summed E-state index contributed by atoms with van der Waals surface area (Å²) in [7, 11) is 0. The van der Waals surface area contributed by atoms with E-state index in [1.807, 2.05) is 0 Å². The van der Waals surface area contributed by atoms with Gasteiger partial charge in [-0.05, 0) is 37.5 Å². The van der Waals surface area contributed by atoms with Crippen molar-refractivity contribution in [3.8, 4) is 5.75 Å². The average Bonchev–Trinajstić information content (AvgIpc) is 3.02. The minimum absolute atomic E-state index is 0.0920. The van der Waals surface area contributed by atoms with Crippen LogP contribution in [0.1, 0.15) is 196 Å². The molecule has 0 unspecified atom stereocenters. The van der Waals surface area contributed by atoms with Crippen LogP contribution in [-0.4, -0.2) is 31.5 Å². The molecule has 0 spiro atoms. The summed E-state index contributed by atoms with van der Waals surface area (Å²) in [6, 6.07) is 5.28. The molecule has 0 radical (unpaired) electrons. The van der Waals surface area contributed by atoms with Gasteiger partial charge in [-0.3, -0.25) is 9.59 Å². The first-order valence-electron chi connectivity index (χ1n) is 18.5. The highest BCUT2D eigenvalue weighted by molar-refractivity contribution is 6.00. The largest absolute Gasteiger partial charge is 0.493 e. The van der Waals surface area contributed by atoms with E-state index in [1.165, 1.54) is 116 Å². The van der Waals surface area contributed by atoms with Crippen molar-refractivity contribution in [2.75, 3.05) is 19.7 Å². The van der Waals surface area contributed by atoms with Gasteiger partial charge in [0.05, 0.1) is 12.2 Å². The van der Waals surface area contributed by atoms with Crippen LogP contribution in [0.5, 0.6) is 5.75 Å². The average molecular weight is 601 g/mol. The summed E-state index contributed by atoms with van der Waals surface area (Å²) >= 11 is 0. The van der Waals surface area contributed by atoms with Crippen LogP contribution >= 0.6 is 0 Å². The van der Waals surface area contributed by atoms with Crippen LogP contribution in [0, 0.1) is 0 Å². The van der Waals surface area contributed by atoms with Crippen LogP contribution < -0.4 is 15.4 Å². The SMILES string of the molecule is CCCCCCCCCCCNC(=O)c1ccc(C(=O)NCCCCCCCCCCC)c(OCCCCCCCC)c1. The second kappa shape index (κ2) is 28.7. The zero-order chi connectivity index (χ0) is 31.2. The van der Waals surface area contributed by atoms with Crippen LogP contribution in [0.4, 0.5) is 0 Å². The fourth-order valence-corrected chi connectivity index (χ4v) is 5.51. The molecule has 5 heteroatoms. The molecule has 248 valence electrons. The Hall–Kier alpha value is -2.04. The van der Waals surface area contributed by atoms with Crippen molar-refractivity contribution >= 4 is 11.8 Å². The van der Waals surface area contributed by atoms with E-state index in [-0.39, 0.29) is 11.8 Å². The van der Waals surface area contributed by atoms with Crippen molar-refractivity contribution < 1.29 is 14.3 Å². The number of carbonyl (C=O) groups is 2. The third-order valence-corrected chi connectivity index (χ3v) is 8.38. The quantitative estimate of drug-likeness (QED) is 0.0863. The van der Waals surface area contributed by atoms with Gasteiger partial charge in [-0.15, -0.1) is 0 Å². The Morgan fingerprint density at radius 3 is 1.37 bits per heavy atom. The smallest absolute Gasteiger partial charge is 0.255 e.